The molecular formula is C17H15BrN4O2S. The first-order valence-electron chi connectivity index (χ1n) is 7.42. The average molecular weight is 419 g/mol. The van der Waals surface area contributed by atoms with E-state index in [1.807, 2.05) is 48.5 Å². The van der Waals surface area contributed by atoms with Crippen LogP contribution in [-0.2, 0) is 11.3 Å². The summed E-state index contributed by atoms with van der Waals surface area (Å²) >= 11 is 8.64. The van der Waals surface area contributed by atoms with Crippen molar-refractivity contribution in [1.29, 1.82) is 0 Å². The molecular weight excluding hydrogens is 404 g/mol. The van der Waals surface area contributed by atoms with Crippen molar-refractivity contribution in [1.82, 2.24) is 14.8 Å². The van der Waals surface area contributed by atoms with Gasteiger partial charge in [-0.2, -0.15) is 5.10 Å². The maximum Gasteiger partial charge on any atom is 0.244 e. The van der Waals surface area contributed by atoms with Gasteiger partial charge in [-0.15, -0.1) is 0 Å². The van der Waals surface area contributed by atoms with Crippen molar-refractivity contribution in [2.45, 2.75) is 6.54 Å². The molecule has 2 N–H and O–H groups in total. The zero-order valence-corrected chi connectivity index (χ0v) is 15.7. The molecule has 0 bridgehead atoms. The summed E-state index contributed by atoms with van der Waals surface area (Å²) in [6.45, 7) is 0.0587. The molecule has 0 aliphatic heterocycles. The van der Waals surface area contributed by atoms with Gasteiger partial charge in [-0.3, -0.25) is 14.5 Å². The number of carbonyl (C=O) groups excluding carboxylic acids is 1. The molecule has 0 saturated heterocycles. The lowest BCUT2D eigenvalue weighted by atomic mass is 10.2. The van der Waals surface area contributed by atoms with Crippen molar-refractivity contribution in [2.24, 2.45) is 0 Å². The van der Waals surface area contributed by atoms with Crippen LogP contribution in [0.4, 0.5) is 5.69 Å². The Bertz CT molecular complexity index is 950. The van der Waals surface area contributed by atoms with Crippen LogP contribution in [0.2, 0.25) is 0 Å². The van der Waals surface area contributed by atoms with Gasteiger partial charge in [0.25, 0.3) is 0 Å². The summed E-state index contributed by atoms with van der Waals surface area (Å²) in [5.74, 6) is 1.15. The van der Waals surface area contributed by atoms with Gasteiger partial charge in [0.05, 0.1) is 7.11 Å². The van der Waals surface area contributed by atoms with E-state index in [2.05, 4.69) is 31.4 Å². The fourth-order valence-corrected chi connectivity index (χ4v) is 2.93. The Kier molecular flexibility index (Phi) is 5.30. The number of hydrogen-bond donors (Lipinski definition) is 2. The van der Waals surface area contributed by atoms with E-state index >= 15 is 0 Å². The van der Waals surface area contributed by atoms with Crippen molar-refractivity contribution in [3.8, 4) is 17.1 Å². The maximum atomic E-state index is 12.4. The molecule has 0 aliphatic rings. The largest absolute Gasteiger partial charge is 0.497 e. The molecule has 3 aromatic rings. The molecule has 0 spiro atoms. The molecule has 0 atom stereocenters. The van der Waals surface area contributed by atoms with Crippen LogP contribution in [-0.4, -0.2) is 27.8 Å². The minimum absolute atomic E-state index is 0.0587. The molecule has 0 radical (unpaired) electrons. The highest BCUT2D eigenvalue weighted by atomic mass is 79.9. The number of amides is 1. The second kappa shape index (κ2) is 7.62. The van der Waals surface area contributed by atoms with Crippen LogP contribution in [0.1, 0.15) is 0 Å². The van der Waals surface area contributed by atoms with E-state index in [-0.39, 0.29) is 12.5 Å². The third kappa shape index (κ3) is 4.15. The lowest BCUT2D eigenvalue weighted by Crippen LogP contribution is -2.19. The molecule has 3 rings (SSSR count). The number of H-pyrrole nitrogens is 1. The van der Waals surface area contributed by atoms with Gasteiger partial charge >= 0.3 is 0 Å². The van der Waals surface area contributed by atoms with E-state index in [0.29, 0.717) is 16.3 Å². The number of benzene rings is 2. The molecule has 128 valence electrons. The van der Waals surface area contributed by atoms with Crippen molar-refractivity contribution in [3.05, 3.63) is 57.8 Å². The summed E-state index contributed by atoms with van der Waals surface area (Å²) in [5, 5.41) is 9.82. The molecule has 2 aromatic carbocycles. The summed E-state index contributed by atoms with van der Waals surface area (Å²) in [5.41, 5.74) is 1.55. The van der Waals surface area contributed by atoms with Gasteiger partial charge in [0, 0.05) is 15.7 Å². The van der Waals surface area contributed by atoms with E-state index in [1.165, 1.54) is 0 Å². The fourth-order valence-electron chi connectivity index (χ4n) is 2.34. The predicted octanol–water partition coefficient (Wildman–Crippen LogP) is 4.02. The lowest BCUT2D eigenvalue weighted by molar-refractivity contribution is -0.116. The van der Waals surface area contributed by atoms with E-state index in [0.717, 1.165) is 15.8 Å². The number of aromatic nitrogens is 3. The minimum atomic E-state index is -0.189. The maximum absolute atomic E-state index is 12.4. The van der Waals surface area contributed by atoms with Crippen LogP contribution in [0.3, 0.4) is 0 Å². The highest BCUT2D eigenvalue weighted by Gasteiger charge is 2.13. The van der Waals surface area contributed by atoms with Crippen molar-refractivity contribution in [2.75, 3.05) is 12.4 Å². The second-order valence-electron chi connectivity index (χ2n) is 5.23. The standard InChI is InChI=1S/C17H15BrN4O2S/c1-24-14-7-5-11(6-8-14)16-20-21-17(25)22(16)10-15(23)19-13-4-2-3-12(18)9-13/h2-9H,10H2,1H3,(H,19,23)(H,21,25). The number of hydrogen-bond acceptors (Lipinski definition) is 4. The number of ether oxygens (including phenoxy) is 1. The van der Waals surface area contributed by atoms with Crippen LogP contribution in [0.5, 0.6) is 5.75 Å². The summed E-state index contributed by atoms with van der Waals surface area (Å²) in [6.07, 6.45) is 0. The van der Waals surface area contributed by atoms with Gasteiger partial charge in [0.1, 0.15) is 12.3 Å². The van der Waals surface area contributed by atoms with Crippen LogP contribution in [0.25, 0.3) is 11.4 Å². The summed E-state index contributed by atoms with van der Waals surface area (Å²) in [4.78, 5) is 12.4. The summed E-state index contributed by atoms with van der Waals surface area (Å²) < 4.78 is 8.09. The molecule has 1 aromatic heterocycles. The van der Waals surface area contributed by atoms with Crippen molar-refractivity contribution < 1.29 is 9.53 Å². The van der Waals surface area contributed by atoms with Gasteiger partial charge < -0.3 is 10.1 Å². The van der Waals surface area contributed by atoms with Gasteiger partial charge in [-0.25, -0.2) is 0 Å². The van der Waals surface area contributed by atoms with E-state index in [9.17, 15) is 4.79 Å². The second-order valence-corrected chi connectivity index (χ2v) is 6.53. The predicted molar refractivity (Wildman–Crippen MR) is 102 cm³/mol. The molecule has 0 fully saturated rings. The van der Waals surface area contributed by atoms with Gasteiger partial charge in [0.2, 0.25) is 5.91 Å². The number of nitrogens with one attached hydrogen (secondary N) is 2. The number of anilines is 1. The Hall–Kier alpha value is -2.45. The Morgan fingerprint density at radius 1 is 1.32 bits per heavy atom. The van der Waals surface area contributed by atoms with Gasteiger partial charge in [0.15, 0.2) is 10.6 Å². The number of rotatable bonds is 5. The zero-order valence-electron chi connectivity index (χ0n) is 13.3. The molecule has 25 heavy (non-hydrogen) atoms. The molecule has 0 saturated carbocycles. The first-order chi connectivity index (χ1) is 12.1. The first kappa shape index (κ1) is 17.4. The number of nitrogens with zero attached hydrogens (tertiary/aromatic N) is 2. The minimum Gasteiger partial charge on any atom is -0.497 e. The topological polar surface area (TPSA) is 71.9 Å². The number of aromatic amines is 1. The third-order valence-corrected chi connectivity index (χ3v) is 4.32. The quantitative estimate of drug-likeness (QED) is 0.613. The Morgan fingerprint density at radius 2 is 2.08 bits per heavy atom. The van der Waals surface area contributed by atoms with Crippen LogP contribution < -0.4 is 10.1 Å². The van der Waals surface area contributed by atoms with Crippen LogP contribution >= 0.6 is 28.1 Å². The first-order valence-corrected chi connectivity index (χ1v) is 8.62. The van der Waals surface area contributed by atoms with Crippen molar-refractivity contribution >= 4 is 39.7 Å². The SMILES string of the molecule is COc1ccc(-c2n[nH]c(=S)n2CC(=O)Nc2cccc(Br)c2)cc1. The monoisotopic (exact) mass is 418 g/mol. The Balaban J connectivity index is 1.81. The van der Waals surface area contributed by atoms with Gasteiger partial charge in [-0.05, 0) is 54.7 Å². The zero-order chi connectivity index (χ0) is 17.8. The van der Waals surface area contributed by atoms with Crippen molar-refractivity contribution in [3.63, 3.8) is 0 Å². The third-order valence-electron chi connectivity index (χ3n) is 3.52. The fraction of sp³-hybridized carbons (Fsp3) is 0.118. The Morgan fingerprint density at radius 3 is 2.76 bits per heavy atom. The molecule has 8 heteroatoms. The van der Waals surface area contributed by atoms with E-state index in [4.69, 9.17) is 17.0 Å². The van der Waals surface area contributed by atoms with E-state index in [1.54, 1.807) is 11.7 Å². The molecule has 6 nitrogen and oxygen atoms in total. The normalized spacial score (nSPS) is 10.5. The van der Waals surface area contributed by atoms with Crippen LogP contribution in [0.15, 0.2) is 53.0 Å². The Labute approximate surface area is 158 Å². The molecule has 0 unspecified atom stereocenters. The van der Waals surface area contributed by atoms with E-state index < -0.39 is 0 Å². The highest BCUT2D eigenvalue weighted by Crippen LogP contribution is 2.21. The number of carbonyl (C=O) groups is 1. The molecule has 1 amide bonds. The average Bonchev–Trinajstić information content (AvgIpc) is 2.95. The lowest BCUT2D eigenvalue weighted by Gasteiger charge is -2.09. The molecule has 1 heterocycles. The van der Waals surface area contributed by atoms with Gasteiger partial charge in [-0.1, -0.05) is 22.0 Å². The number of methoxy groups -OCH3 is 1. The highest BCUT2D eigenvalue weighted by molar-refractivity contribution is 9.10. The van der Waals surface area contributed by atoms with Crippen LogP contribution in [0, 0.1) is 4.77 Å². The summed E-state index contributed by atoms with van der Waals surface area (Å²) in [7, 11) is 1.61. The summed E-state index contributed by atoms with van der Waals surface area (Å²) in [6, 6.07) is 14.8. The number of halogens is 1. The smallest absolute Gasteiger partial charge is 0.244 e. The molecule has 0 aliphatic carbocycles.